The maximum absolute atomic E-state index is 12.1. The fourth-order valence-electron chi connectivity index (χ4n) is 0.862. The van der Waals surface area contributed by atoms with Gasteiger partial charge in [0.25, 0.3) is 5.92 Å². The van der Waals surface area contributed by atoms with E-state index in [2.05, 4.69) is 5.32 Å². The van der Waals surface area contributed by atoms with Crippen molar-refractivity contribution in [3.63, 3.8) is 0 Å². The molecule has 3 heteroatoms. The van der Waals surface area contributed by atoms with Gasteiger partial charge in [-0.2, -0.15) is 0 Å². The molecule has 1 atom stereocenters. The molecule has 1 fully saturated rings. The van der Waals surface area contributed by atoms with Gasteiger partial charge in [0.1, 0.15) is 0 Å². The van der Waals surface area contributed by atoms with E-state index in [4.69, 9.17) is 0 Å². The standard InChI is InChI=1S/C5H9F2N/c1-8-4-2-3-5(4,6)7/h4,8H,2-3H2,1H3. The molecule has 0 aromatic carbocycles. The Morgan fingerprint density at radius 2 is 2.25 bits per heavy atom. The molecule has 1 nitrogen and oxygen atoms in total. The average Bonchev–Trinajstić information content (AvgIpc) is 1.66. The van der Waals surface area contributed by atoms with Gasteiger partial charge in [0.15, 0.2) is 0 Å². The minimum absolute atomic E-state index is 0.0541. The monoisotopic (exact) mass is 121 g/mol. The molecule has 0 aromatic heterocycles. The maximum Gasteiger partial charge on any atom is 0.263 e. The van der Waals surface area contributed by atoms with E-state index in [9.17, 15) is 8.78 Å². The van der Waals surface area contributed by atoms with E-state index in [1.807, 2.05) is 0 Å². The Bertz CT molecular complexity index is 90.4. The Balaban J connectivity index is 2.37. The third-order valence-corrected chi connectivity index (χ3v) is 1.62. The van der Waals surface area contributed by atoms with Gasteiger partial charge in [0.05, 0.1) is 6.04 Å². The van der Waals surface area contributed by atoms with Crippen LogP contribution in [0.3, 0.4) is 0 Å². The molecule has 8 heavy (non-hydrogen) atoms. The van der Waals surface area contributed by atoms with E-state index in [0.717, 1.165) is 0 Å². The third kappa shape index (κ3) is 0.708. The van der Waals surface area contributed by atoms with Crippen LogP contribution in [0.5, 0.6) is 0 Å². The third-order valence-electron chi connectivity index (χ3n) is 1.62. The van der Waals surface area contributed by atoms with E-state index in [1.54, 1.807) is 7.05 Å². The summed E-state index contributed by atoms with van der Waals surface area (Å²) in [5.41, 5.74) is 0. The van der Waals surface area contributed by atoms with Crippen LogP contribution in [0.15, 0.2) is 0 Å². The molecular weight excluding hydrogens is 112 g/mol. The second-order valence-electron chi connectivity index (χ2n) is 2.14. The predicted molar refractivity (Wildman–Crippen MR) is 27.0 cm³/mol. The molecule has 1 saturated carbocycles. The summed E-state index contributed by atoms with van der Waals surface area (Å²) in [7, 11) is 1.57. The van der Waals surface area contributed by atoms with Gasteiger partial charge in [-0.25, -0.2) is 8.78 Å². The van der Waals surface area contributed by atoms with Gasteiger partial charge in [-0.3, -0.25) is 0 Å². The normalized spacial score (nSPS) is 34.1. The molecule has 0 aromatic rings. The molecule has 1 aliphatic carbocycles. The van der Waals surface area contributed by atoms with Crippen molar-refractivity contribution >= 4 is 0 Å². The van der Waals surface area contributed by atoms with Crippen LogP contribution in [0.4, 0.5) is 8.78 Å². The number of alkyl halides is 2. The number of nitrogens with one attached hydrogen (secondary N) is 1. The lowest BCUT2D eigenvalue weighted by molar-refractivity contribution is -0.103. The van der Waals surface area contributed by atoms with Crippen molar-refractivity contribution in [2.75, 3.05) is 7.05 Å². The first kappa shape index (κ1) is 5.95. The van der Waals surface area contributed by atoms with Gasteiger partial charge in [-0.05, 0) is 13.5 Å². The molecule has 0 radical (unpaired) electrons. The predicted octanol–water partition coefficient (Wildman–Crippen LogP) is 1.00. The van der Waals surface area contributed by atoms with Crippen LogP contribution in [0, 0.1) is 0 Å². The van der Waals surface area contributed by atoms with Crippen molar-refractivity contribution in [3.8, 4) is 0 Å². The van der Waals surface area contributed by atoms with Gasteiger partial charge in [-0.1, -0.05) is 0 Å². The second kappa shape index (κ2) is 1.65. The number of hydrogen-bond acceptors (Lipinski definition) is 1. The average molecular weight is 121 g/mol. The Labute approximate surface area is 47.1 Å². The Morgan fingerprint density at radius 1 is 1.62 bits per heavy atom. The first-order valence-corrected chi connectivity index (χ1v) is 2.72. The van der Waals surface area contributed by atoms with E-state index in [1.165, 1.54) is 0 Å². The Morgan fingerprint density at radius 3 is 2.25 bits per heavy atom. The number of rotatable bonds is 1. The molecule has 1 aliphatic rings. The van der Waals surface area contributed by atoms with Gasteiger partial charge in [-0.15, -0.1) is 0 Å². The summed E-state index contributed by atoms with van der Waals surface area (Å²) in [6.45, 7) is 0. The lowest BCUT2D eigenvalue weighted by Crippen LogP contribution is -2.51. The molecule has 0 amide bonds. The van der Waals surface area contributed by atoms with Crippen LogP contribution in [-0.2, 0) is 0 Å². The highest BCUT2D eigenvalue weighted by atomic mass is 19.3. The number of hydrogen-bond donors (Lipinski definition) is 1. The van der Waals surface area contributed by atoms with E-state index in [-0.39, 0.29) is 6.42 Å². The summed E-state index contributed by atoms with van der Waals surface area (Å²) in [4.78, 5) is 0. The van der Waals surface area contributed by atoms with E-state index in [0.29, 0.717) is 6.42 Å². The summed E-state index contributed by atoms with van der Waals surface area (Å²) in [5, 5.41) is 2.54. The molecular formula is C5H9F2N. The zero-order valence-electron chi connectivity index (χ0n) is 4.75. The van der Waals surface area contributed by atoms with Gasteiger partial charge >= 0.3 is 0 Å². The highest BCUT2D eigenvalue weighted by molar-refractivity contribution is 4.92. The smallest absolute Gasteiger partial charge is 0.263 e. The quantitative estimate of drug-likeness (QED) is 0.545. The van der Waals surface area contributed by atoms with Gasteiger partial charge in [0.2, 0.25) is 0 Å². The van der Waals surface area contributed by atoms with Crippen LogP contribution in [0.1, 0.15) is 12.8 Å². The van der Waals surface area contributed by atoms with Crippen molar-refractivity contribution in [3.05, 3.63) is 0 Å². The van der Waals surface area contributed by atoms with E-state index >= 15 is 0 Å². The molecule has 0 bridgehead atoms. The van der Waals surface area contributed by atoms with Crippen molar-refractivity contribution in [2.45, 2.75) is 24.8 Å². The summed E-state index contributed by atoms with van der Waals surface area (Å²) in [5.74, 6) is -2.42. The second-order valence-corrected chi connectivity index (χ2v) is 2.14. The zero-order valence-corrected chi connectivity index (χ0v) is 4.75. The van der Waals surface area contributed by atoms with Crippen LogP contribution >= 0.6 is 0 Å². The summed E-state index contributed by atoms with van der Waals surface area (Å²) >= 11 is 0. The Hall–Kier alpha value is -0.180. The van der Waals surface area contributed by atoms with Gasteiger partial charge < -0.3 is 5.32 Å². The minimum atomic E-state index is -2.42. The fourth-order valence-corrected chi connectivity index (χ4v) is 0.862. The van der Waals surface area contributed by atoms with Crippen molar-refractivity contribution in [1.29, 1.82) is 0 Å². The fraction of sp³-hybridized carbons (Fsp3) is 1.00. The summed E-state index contributed by atoms with van der Waals surface area (Å²) in [6, 6.07) is -0.553. The molecule has 0 aliphatic heterocycles. The summed E-state index contributed by atoms with van der Waals surface area (Å²) < 4.78 is 24.3. The lowest BCUT2D eigenvalue weighted by Gasteiger charge is -2.35. The molecule has 1 rings (SSSR count). The number of halogens is 2. The van der Waals surface area contributed by atoms with E-state index < -0.39 is 12.0 Å². The minimum Gasteiger partial charge on any atom is -0.312 e. The molecule has 48 valence electrons. The van der Waals surface area contributed by atoms with Crippen LogP contribution in [-0.4, -0.2) is 19.0 Å². The molecule has 1 unspecified atom stereocenters. The largest absolute Gasteiger partial charge is 0.312 e. The molecule has 0 spiro atoms. The SMILES string of the molecule is CNC1CCC1(F)F. The molecule has 1 N–H and O–H groups in total. The van der Waals surface area contributed by atoms with Crippen molar-refractivity contribution < 1.29 is 8.78 Å². The Kier molecular flexibility index (Phi) is 1.23. The van der Waals surface area contributed by atoms with Crippen molar-refractivity contribution in [1.82, 2.24) is 5.32 Å². The highest BCUT2D eigenvalue weighted by Crippen LogP contribution is 2.36. The summed E-state index contributed by atoms with van der Waals surface area (Å²) in [6.07, 6.45) is 0.669. The lowest BCUT2D eigenvalue weighted by atomic mass is 9.88. The molecule has 0 heterocycles. The maximum atomic E-state index is 12.1. The first-order chi connectivity index (χ1) is 3.67. The van der Waals surface area contributed by atoms with Gasteiger partial charge in [0, 0.05) is 6.42 Å². The van der Waals surface area contributed by atoms with Crippen LogP contribution < -0.4 is 5.32 Å². The topological polar surface area (TPSA) is 12.0 Å². The van der Waals surface area contributed by atoms with Crippen LogP contribution in [0.25, 0.3) is 0 Å². The molecule has 0 saturated heterocycles. The first-order valence-electron chi connectivity index (χ1n) is 2.72. The highest BCUT2D eigenvalue weighted by Gasteiger charge is 2.47. The van der Waals surface area contributed by atoms with Crippen LogP contribution in [0.2, 0.25) is 0 Å². The zero-order chi connectivity index (χ0) is 6.20. The van der Waals surface area contributed by atoms with Crippen molar-refractivity contribution in [2.24, 2.45) is 0 Å².